The van der Waals surface area contributed by atoms with Crippen LogP contribution in [-0.2, 0) is 25.7 Å². The van der Waals surface area contributed by atoms with Gasteiger partial charge in [0.15, 0.2) is 10.3 Å². The smallest absolute Gasteiger partial charge is 0.350 e. The predicted molar refractivity (Wildman–Crippen MR) is 123 cm³/mol. The summed E-state index contributed by atoms with van der Waals surface area (Å²) in [5.74, 6) is -1.41. The minimum atomic E-state index is -0.808. The summed E-state index contributed by atoms with van der Waals surface area (Å²) < 4.78 is 11.4. The number of nitrogens with two attached hydrogens (primary N) is 1. The van der Waals surface area contributed by atoms with Gasteiger partial charge in [0.05, 0.1) is 18.6 Å². The molecule has 0 radical (unpaired) electrons. The summed E-state index contributed by atoms with van der Waals surface area (Å²) in [4.78, 5) is 41.2. The van der Waals surface area contributed by atoms with E-state index in [-0.39, 0.29) is 23.4 Å². The van der Waals surface area contributed by atoms with Crippen LogP contribution in [0.2, 0.25) is 0 Å². The predicted octanol–water partition coefficient (Wildman–Crippen LogP) is 2.45. The molecule has 1 amide bonds. The molecule has 0 aliphatic heterocycles. The quantitative estimate of drug-likeness (QED) is 0.338. The highest BCUT2D eigenvalue weighted by atomic mass is 32.2. The van der Waals surface area contributed by atoms with Gasteiger partial charge < -0.3 is 20.5 Å². The highest BCUT2D eigenvalue weighted by Gasteiger charge is 2.25. The van der Waals surface area contributed by atoms with Gasteiger partial charge in [0.25, 0.3) is 0 Å². The van der Waals surface area contributed by atoms with Crippen LogP contribution >= 0.6 is 23.1 Å². The van der Waals surface area contributed by atoms with Crippen molar-refractivity contribution in [2.75, 3.05) is 23.9 Å². The third kappa shape index (κ3) is 6.08. The summed E-state index contributed by atoms with van der Waals surface area (Å²) in [5.41, 5.74) is 7.17. The van der Waals surface area contributed by atoms with Crippen molar-refractivity contribution in [3.05, 3.63) is 46.5 Å². The molecule has 3 aromatic rings. The van der Waals surface area contributed by atoms with E-state index < -0.39 is 23.9 Å². The van der Waals surface area contributed by atoms with E-state index in [9.17, 15) is 14.4 Å². The summed E-state index contributed by atoms with van der Waals surface area (Å²) in [6.45, 7) is 3.40. The summed E-state index contributed by atoms with van der Waals surface area (Å²) in [5, 5.41) is 10.9. The van der Waals surface area contributed by atoms with Gasteiger partial charge in [-0.3, -0.25) is 14.2 Å². The fourth-order valence-electron chi connectivity index (χ4n) is 2.69. The zero-order chi connectivity index (χ0) is 24.0. The van der Waals surface area contributed by atoms with Gasteiger partial charge in [-0.1, -0.05) is 53.4 Å². The maximum absolute atomic E-state index is 12.8. The number of esters is 2. The van der Waals surface area contributed by atoms with Crippen molar-refractivity contribution in [3.8, 4) is 0 Å². The van der Waals surface area contributed by atoms with Gasteiger partial charge in [0, 0.05) is 0 Å². The topological polar surface area (TPSA) is 151 Å². The van der Waals surface area contributed by atoms with Crippen LogP contribution in [0.4, 0.5) is 11.1 Å². The summed E-state index contributed by atoms with van der Waals surface area (Å²) >= 11 is 2.06. The van der Waals surface area contributed by atoms with E-state index in [1.54, 1.807) is 13.8 Å². The molecule has 0 fully saturated rings. The Labute approximate surface area is 197 Å². The molecule has 0 spiro atoms. The van der Waals surface area contributed by atoms with Gasteiger partial charge in [-0.2, -0.15) is 0 Å². The van der Waals surface area contributed by atoms with E-state index in [1.807, 2.05) is 30.3 Å². The molecule has 174 valence electrons. The molecule has 1 unspecified atom stereocenters. The van der Waals surface area contributed by atoms with Gasteiger partial charge in [-0.25, -0.2) is 9.78 Å². The van der Waals surface area contributed by atoms with Crippen molar-refractivity contribution >= 4 is 52.0 Å². The van der Waals surface area contributed by atoms with Crippen molar-refractivity contribution in [3.63, 3.8) is 0 Å². The Balaban J connectivity index is 1.65. The highest BCUT2D eigenvalue weighted by Crippen LogP contribution is 2.27. The second kappa shape index (κ2) is 10.9. The lowest BCUT2D eigenvalue weighted by Crippen LogP contribution is -2.25. The maximum atomic E-state index is 12.8. The zero-order valence-electron chi connectivity index (χ0n) is 18.1. The number of thiazole rings is 1. The average Bonchev–Trinajstić information content (AvgIpc) is 3.37. The molecule has 1 aromatic carbocycles. The van der Waals surface area contributed by atoms with Crippen molar-refractivity contribution < 1.29 is 23.9 Å². The fraction of sp³-hybridized carbons (Fsp3) is 0.300. The molecule has 0 aliphatic carbocycles. The molecule has 33 heavy (non-hydrogen) atoms. The SMILES string of the molecule is COC(=O)CSc1nnc(N)n1C(C)C(=O)Nc1nc(C)c(C(=O)OCc2ccccc2)s1. The lowest BCUT2D eigenvalue weighted by Gasteiger charge is -2.15. The number of ether oxygens (including phenoxy) is 2. The molecule has 3 N–H and O–H groups in total. The van der Waals surface area contributed by atoms with Gasteiger partial charge in [0.2, 0.25) is 11.9 Å². The Hall–Kier alpha value is -3.45. The lowest BCUT2D eigenvalue weighted by molar-refractivity contribution is -0.137. The van der Waals surface area contributed by atoms with Gasteiger partial charge >= 0.3 is 11.9 Å². The molecule has 13 heteroatoms. The summed E-state index contributed by atoms with van der Waals surface area (Å²) in [6.07, 6.45) is 0. The number of hydrogen-bond donors (Lipinski definition) is 2. The number of methoxy groups -OCH3 is 1. The third-order valence-electron chi connectivity index (χ3n) is 4.43. The number of carbonyl (C=O) groups excluding carboxylic acids is 3. The van der Waals surface area contributed by atoms with Crippen LogP contribution < -0.4 is 11.1 Å². The van der Waals surface area contributed by atoms with Gasteiger partial charge in [-0.05, 0) is 19.4 Å². The van der Waals surface area contributed by atoms with Crippen LogP contribution in [0.1, 0.15) is 33.9 Å². The first-order valence-electron chi connectivity index (χ1n) is 9.69. The maximum Gasteiger partial charge on any atom is 0.350 e. The Morgan fingerprint density at radius 1 is 1.24 bits per heavy atom. The van der Waals surface area contributed by atoms with Gasteiger partial charge in [-0.15, -0.1) is 10.2 Å². The number of nitrogens with one attached hydrogen (secondary N) is 1. The minimum absolute atomic E-state index is 0.0108. The van der Waals surface area contributed by atoms with E-state index in [0.29, 0.717) is 15.7 Å². The van der Waals surface area contributed by atoms with Crippen LogP contribution in [0.15, 0.2) is 35.5 Å². The second-order valence-corrected chi connectivity index (χ2v) is 8.68. The molecule has 0 aliphatic rings. The molecule has 0 saturated carbocycles. The largest absolute Gasteiger partial charge is 0.468 e. The number of anilines is 2. The molecule has 1 atom stereocenters. The molecular weight excluding hydrogens is 468 g/mol. The van der Waals surface area contributed by atoms with Crippen LogP contribution in [-0.4, -0.2) is 50.5 Å². The molecule has 11 nitrogen and oxygen atoms in total. The van der Waals surface area contributed by atoms with Gasteiger partial charge in [0.1, 0.15) is 17.5 Å². The Kier molecular flexibility index (Phi) is 8.01. The van der Waals surface area contributed by atoms with E-state index in [4.69, 9.17) is 10.5 Å². The van der Waals surface area contributed by atoms with E-state index in [2.05, 4.69) is 25.2 Å². The number of rotatable bonds is 9. The lowest BCUT2D eigenvalue weighted by atomic mass is 10.2. The van der Waals surface area contributed by atoms with E-state index >= 15 is 0 Å². The Bertz CT molecular complexity index is 1150. The molecule has 2 heterocycles. The highest BCUT2D eigenvalue weighted by molar-refractivity contribution is 7.99. The zero-order valence-corrected chi connectivity index (χ0v) is 19.7. The van der Waals surface area contributed by atoms with Crippen molar-refractivity contribution in [2.45, 2.75) is 31.7 Å². The monoisotopic (exact) mass is 490 g/mol. The van der Waals surface area contributed by atoms with E-state index in [1.165, 1.54) is 11.7 Å². The third-order valence-corrected chi connectivity index (χ3v) is 6.40. The van der Waals surface area contributed by atoms with Crippen LogP contribution in [0.5, 0.6) is 0 Å². The number of benzene rings is 1. The number of hydrogen-bond acceptors (Lipinski definition) is 11. The standard InChI is InChI=1S/C20H22N6O5S2/c1-11-15(17(29)31-9-13-7-5-4-6-8-13)33-19(22-11)23-16(28)12(2)26-18(21)24-25-20(26)32-10-14(27)30-3/h4-8,12H,9-10H2,1-3H3,(H2,21,24)(H,22,23,28). The molecule has 3 rings (SSSR count). The van der Waals surface area contributed by atoms with Crippen LogP contribution in [0.3, 0.4) is 0 Å². The summed E-state index contributed by atoms with van der Waals surface area (Å²) in [7, 11) is 1.28. The number of aromatic nitrogens is 4. The fourth-order valence-corrected chi connectivity index (χ4v) is 4.41. The van der Waals surface area contributed by atoms with E-state index in [0.717, 1.165) is 28.7 Å². The molecule has 2 aromatic heterocycles. The minimum Gasteiger partial charge on any atom is -0.468 e. The average molecular weight is 491 g/mol. The van der Waals surface area contributed by atoms with Crippen LogP contribution in [0, 0.1) is 6.92 Å². The normalized spacial score (nSPS) is 11.6. The number of aryl methyl sites for hydroxylation is 1. The van der Waals surface area contributed by atoms with Crippen molar-refractivity contribution in [1.82, 2.24) is 19.7 Å². The Morgan fingerprint density at radius 2 is 1.97 bits per heavy atom. The summed E-state index contributed by atoms with van der Waals surface area (Å²) in [6, 6.07) is 8.50. The molecular formula is C20H22N6O5S2. The van der Waals surface area contributed by atoms with Crippen molar-refractivity contribution in [2.24, 2.45) is 0 Å². The Morgan fingerprint density at radius 3 is 2.67 bits per heavy atom. The molecule has 0 saturated heterocycles. The second-order valence-electron chi connectivity index (χ2n) is 6.74. The number of nitrogens with zero attached hydrogens (tertiary/aromatic N) is 4. The van der Waals surface area contributed by atoms with Crippen LogP contribution in [0.25, 0.3) is 0 Å². The first-order valence-corrected chi connectivity index (χ1v) is 11.5. The number of thioether (sulfide) groups is 1. The molecule has 0 bridgehead atoms. The number of nitrogen functional groups attached to an aromatic ring is 1. The first kappa shape index (κ1) is 24.2. The first-order chi connectivity index (χ1) is 15.8. The van der Waals surface area contributed by atoms with Crippen molar-refractivity contribution in [1.29, 1.82) is 0 Å². The number of amides is 1. The number of carbonyl (C=O) groups is 3.